The molecule has 2 aromatic carbocycles. The molecule has 5 amide bonds. The number of hydrogen-bond acceptors (Lipinski definition) is 5. The van der Waals surface area contributed by atoms with E-state index in [4.69, 9.17) is 10.5 Å². The van der Waals surface area contributed by atoms with Gasteiger partial charge in [-0.15, -0.1) is 0 Å². The van der Waals surface area contributed by atoms with Gasteiger partial charge in [0.15, 0.2) is 6.61 Å². The molecule has 0 aliphatic carbocycles. The number of para-hydroxylation sites is 1. The number of benzene rings is 2. The summed E-state index contributed by atoms with van der Waals surface area (Å²) in [6.45, 7) is 1.19. The molecule has 154 valence electrons. The number of aryl methyl sites for hydroxylation is 1. The van der Waals surface area contributed by atoms with Crippen molar-refractivity contribution in [2.24, 2.45) is 5.73 Å². The molecule has 0 radical (unpaired) electrons. The minimum absolute atomic E-state index is 0.0505. The highest BCUT2D eigenvalue weighted by Crippen LogP contribution is 2.18. The van der Waals surface area contributed by atoms with Gasteiger partial charge in [0.2, 0.25) is 5.91 Å². The third kappa shape index (κ3) is 5.02. The highest BCUT2D eigenvalue weighted by atomic mass is 16.5. The summed E-state index contributed by atoms with van der Waals surface area (Å²) in [6.07, 6.45) is 1.48. The fourth-order valence-electron chi connectivity index (χ4n) is 2.74. The molecule has 1 heterocycles. The predicted octanol–water partition coefficient (Wildman–Crippen LogP) is 1.39. The van der Waals surface area contributed by atoms with E-state index in [1.54, 1.807) is 36.4 Å². The number of ether oxygens (including phenoxy) is 1. The van der Waals surface area contributed by atoms with Crippen LogP contribution in [0.2, 0.25) is 0 Å². The standard InChI is InChI=1S/C21H20N4O5/c1-13-4-2-3-5-16(13)23-19(27)11-25-20(28)17(24-21(25)29)10-14-6-8-15(9-7-14)30-12-18(22)26/h2-10H,11-12H2,1H3,(H2,22,26)(H,23,27)(H,24,29)/b17-10-. The average molecular weight is 408 g/mol. The topological polar surface area (TPSA) is 131 Å². The highest BCUT2D eigenvalue weighted by Gasteiger charge is 2.34. The lowest BCUT2D eigenvalue weighted by atomic mass is 10.2. The second kappa shape index (κ2) is 8.91. The van der Waals surface area contributed by atoms with Gasteiger partial charge in [-0.1, -0.05) is 30.3 Å². The SMILES string of the molecule is Cc1ccccc1NC(=O)CN1C(=O)N/C(=C\c2ccc(OCC(N)=O)cc2)C1=O. The predicted molar refractivity (Wildman–Crippen MR) is 109 cm³/mol. The fourth-order valence-corrected chi connectivity index (χ4v) is 2.74. The van der Waals surface area contributed by atoms with Gasteiger partial charge in [0.25, 0.3) is 11.8 Å². The summed E-state index contributed by atoms with van der Waals surface area (Å²) in [6, 6.07) is 13.0. The van der Waals surface area contributed by atoms with Crippen molar-refractivity contribution in [3.63, 3.8) is 0 Å². The molecule has 9 nitrogen and oxygen atoms in total. The van der Waals surface area contributed by atoms with Crippen LogP contribution in [0, 0.1) is 6.92 Å². The lowest BCUT2D eigenvalue weighted by molar-refractivity contribution is -0.127. The van der Waals surface area contributed by atoms with Crippen LogP contribution in [0.15, 0.2) is 54.2 Å². The lowest BCUT2D eigenvalue weighted by Gasteiger charge is -2.13. The number of nitrogens with zero attached hydrogens (tertiary/aromatic N) is 1. The van der Waals surface area contributed by atoms with Crippen LogP contribution in [0.5, 0.6) is 5.75 Å². The first-order valence-electron chi connectivity index (χ1n) is 9.04. The first-order valence-corrected chi connectivity index (χ1v) is 9.04. The first kappa shape index (κ1) is 20.6. The largest absolute Gasteiger partial charge is 0.484 e. The van der Waals surface area contributed by atoms with Gasteiger partial charge >= 0.3 is 6.03 Å². The molecule has 0 bridgehead atoms. The molecule has 1 aliphatic heterocycles. The normalized spacial score (nSPS) is 14.6. The Morgan fingerprint density at radius 2 is 1.83 bits per heavy atom. The van der Waals surface area contributed by atoms with Crippen molar-refractivity contribution >= 4 is 35.5 Å². The first-order chi connectivity index (χ1) is 14.3. The van der Waals surface area contributed by atoms with E-state index in [1.165, 1.54) is 6.08 Å². The van der Waals surface area contributed by atoms with Crippen LogP contribution in [0.4, 0.5) is 10.5 Å². The molecule has 0 unspecified atom stereocenters. The molecule has 0 spiro atoms. The summed E-state index contributed by atoms with van der Waals surface area (Å²) >= 11 is 0. The number of primary amides is 1. The van der Waals surface area contributed by atoms with Gasteiger partial charge in [-0.2, -0.15) is 0 Å². The zero-order valence-electron chi connectivity index (χ0n) is 16.2. The smallest absolute Gasteiger partial charge is 0.329 e. The molecule has 1 saturated heterocycles. The Kier molecular flexibility index (Phi) is 6.11. The molecule has 4 N–H and O–H groups in total. The van der Waals surface area contributed by atoms with E-state index in [0.29, 0.717) is 17.0 Å². The number of carbonyl (C=O) groups is 4. The Bertz CT molecular complexity index is 1030. The summed E-state index contributed by atoms with van der Waals surface area (Å²) in [5, 5.41) is 5.15. The number of amides is 5. The number of carbonyl (C=O) groups excluding carboxylic acids is 4. The molecule has 1 aliphatic rings. The van der Waals surface area contributed by atoms with E-state index in [1.807, 2.05) is 19.1 Å². The minimum atomic E-state index is -0.674. The number of hydrogen-bond donors (Lipinski definition) is 3. The van der Waals surface area contributed by atoms with E-state index in [0.717, 1.165) is 10.5 Å². The summed E-state index contributed by atoms with van der Waals surface area (Å²) in [5.74, 6) is -1.24. The van der Waals surface area contributed by atoms with E-state index < -0.39 is 30.3 Å². The van der Waals surface area contributed by atoms with Crippen molar-refractivity contribution < 1.29 is 23.9 Å². The quantitative estimate of drug-likeness (QED) is 0.471. The maximum Gasteiger partial charge on any atom is 0.329 e. The number of urea groups is 1. The second-order valence-corrected chi connectivity index (χ2v) is 6.57. The molecule has 0 atom stereocenters. The zero-order valence-corrected chi connectivity index (χ0v) is 16.2. The molecule has 3 rings (SSSR count). The second-order valence-electron chi connectivity index (χ2n) is 6.57. The van der Waals surface area contributed by atoms with Crippen LogP contribution in [-0.2, 0) is 14.4 Å². The highest BCUT2D eigenvalue weighted by molar-refractivity contribution is 6.16. The Balaban J connectivity index is 1.64. The van der Waals surface area contributed by atoms with Crippen LogP contribution in [0.25, 0.3) is 6.08 Å². The maximum absolute atomic E-state index is 12.5. The van der Waals surface area contributed by atoms with E-state index >= 15 is 0 Å². The third-order valence-corrected chi connectivity index (χ3v) is 4.26. The zero-order chi connectivity index (χ0) is 21.7. The summed E-state index contributed by atoms with van der Waals surface area (Å²) in [7, 11) is 0. The Hall–Kier alpha value is -4.14. The van der Waals surface area contributed by atoms with Gasteiger partial charge in [0.05, 0.1) is 0 Å². The summed E-state index contributed by atoms with van der Waals surface area (Å²) in [5.41, 5.74) is 7.18. The molecule has 30 heavy (non-hydrogen) atoms. The molecular weight excluding hydrogens is 388 g/mol. The molecule has 0 aromatic heterocycles. The van der Waals surface area contributed by atoms with Gasteiger partial charge in [-0.25, -0.2) is 9.69 Å². The fraction of sp³-hybridized carbons (Fsp3) is 0.143. The Labute approximate surface area is 172 Å². The lowest BCUT2D eigenvalue weighted by Crippen LogP contribution is -2.38. The number of nitrogens with one attached hydrogen (secondary N) is 2. The van der Waals surface area contributed by atoms with Crippen molar-refractivity contribution in [1.29, 1.82) is 0 Å². The van der Waals surface area contributed by atoms with Gasteiger partial charge in [-0.3, -0.25) is 14.4 Å². The van der Waals surface area contributed by atoms with Crippen molar-refractivity contribution in [2.75, 3.05) is 18.5 Å². The summed E-state index contributed by atoms with van der Waals surface area (Å²) in [4.78, 5) is 48.5. The van der Waals surface area contributed by atoms with E-state index in [-0.39, 0.29) is 12.3 Å². The third-order valence-electron chi connectivity index (χ3n) is 4.26. The molecule has 0 saturated carbocycles. The number of anilines is 1. The number of imide groups is 1. The van der Waals surface area contributed by atoms with E-state index in [9.17, 15) is 19.2 Å². The Morgan fingerprint density at radius 3 is 2.50 bits per heavy atom. The van der Waals surface area contributed by atoms with Gasteiger partial charge in [-0.05, 0) is 42.3 Å². The average Bonchev–Trinajstić information content (AvgIpc) is 2.96. The number of nitrogens with two attached hydrogens (primary N) is 1. The maximum atomic E-state index is 12.5. The molecule has 2 aromatic rings. The molecule has 1 fully saturated rings. The van der Waals surface area contributed by atoms with Crippen LogP contribution < -0.4 is 21.1 Å². The van der Waals surface area contributed by atoms with Gasteiger partial charge in [0.1, 0.15) is 18.0 Å². The van der Waals surface area contributed by atoms with Crippen LogP contribution in [0.3, 0.4) is 0 Å². The number of rotatable bonds is 7. The van der Waals surface area contributed by atoms with Crippen molar-refractivity contribution in [1.82, 2.24) is 10.2 Å². The summed E-state index contributed by atoms with van der Waals surface area (Å²) < 4.78 is 5.16. The van der Waals surface area contributed by atoms with Gasteiger partial charge in [0, 0.05) is 5.69 Å². The van der Waals surface area contributed by atoms with Crippen LogP contribution in [-0.4, -0.2) is 41.8 Å². The molecule has 9 heteroatoms. The van der Waals surface area contributed by atoms with Crippen molar-refractivity contribution in [3.05, 3.63) is 65.4 Å². The Morgan fingerprint density at radius 1 is 1.13 bits per heavy atom. The minimum Gasteiger partial charge on any atom is -0.484 e. The van der Waals surface area contributed by atoms with Crippen LogP contribution >= 0.6 is 0 Å². The monoisotopic (exact) mass is 408 g/mol. The van der Waals surface area contributed by atoms with Crippen LogP contribution in [0.1, 0.15) is 11.1 Å². The van der Waals surface area contributed by atoms with Crippen molar-refractivity contribution in [3.8, 4) is 5.75 Å². The van der Waals surface area contributed by atoms with Gasteiger partial charge < -0.3 is 21.1 Å². The molecular formula is C21H20N4O5. The van der Waals surface area contributed by atoms with E-state index in [2.05, 4.69) is 10.6 Å². The van der Waals surface area contributed by atoms with Crippen molar-refractivity contribution in [2.45, 2.75) is 6.92 Å².